The number of hydrogen-bond acceptors (Lipinski definition) is 3. The molecule has 112 valence electrons. The summed E-state index contributed by atoms with van der Waals surface area (Å²) in [6, 6.07) is 7.52. The smallest absolute Gasteiger partial charge is 0.253 e. The van der Waals surface area contributed by atoms with Crippen molar-refractivity contribution in [3.05, 3.63) is 29.8 Å². The average Bonchev–Trinajstić information content (AvgIpc) is 2.45. The Balaban J connectivity index is 2.40. The van der Waals surface area contributed by atoms with Crippen molar-refractivity contribution in [1.29, 1.82) is 0 Å². The number of carbonyl (C=O) groups excluding carboxylic acids is 1. The molecule has 0 bridgehead atoms. The number of amides is 1. The number of carbonyl (C=O) groups is 1. The van der Waals surface area contributed by atoms with E-state index < -0.39 is 6.10 Å². The summed E-state index contributed by atoms with van der Waals surface area (Å²) in [5, 5.41) is 2.84. The summed E-state index contributed by atoms with van der Waals surface area (Å²) in [6.45, 7) is 7.19. The van der Waals surface area contributed by atoms with Crippen LogP contribution in [0.1, 0.15) is 39.2 Å². The molecule has 0 heterocycles. The van der Waals surface area contributed by atoms with Crippen molar-refractivity contribution in [1.82, 2.24) is 0 Å². The standard InChI is InChI=1S/C16H26N2O2/c1-4-5-12(2)11-20-13(3)16(19)18-15-8-6-14(10-17)7-9-15/h6-9,12-13H,4-5,10-11,17H2,1-3H3,(H,18,19). The Hall–Kier alpha value is -1.39. The minimum Gasteiger partial charge on any atom is -0.368 e. The summed E-state index contributed by atoms with van der Waals surface area (Å²) >= 11 is 0. The van der Waals surface area contributed by atoms with E-state index in [9.17, 15) is 4.79 Å². The fourth-order valence-electron chi connectivity index (χ4n) is 1.93. The Morgan fingerprint density at radius 1 is 1.30 bits per heavy atom. The monoisotopic (exact) mass is 278 g/mol. The number of hydrogen-bond donors (Lipinski definition) is 2. The van der Waals surface area contributed by atoms with Crippen LogP contribution >= 0.6 is 0 Å². The molecule has 0 fully saturated rings. The molecule has 0 aliphatic rings. The van der Waals surface area contributed by atoms with Crippen molar-refractivity contribution in [3.63, 3.8) is 0 Å². The minimum atomic E-state index is -0.441. The van der Waals surface area contributed by atoms with Gasteiger partial charge in [0.1, 0.15) is 6.10 Å². The van der Waals surface area contributed by atoms with E-state index in [1.807, 2.05) is 24.3 Å². The second-order valence-corrected chi connectivity index (χ2v) is 5.26. The fraction of sp³-hybridized carbons (Fsp3) is 0.562. The van der Waals surface area contributed by atoms with Gasteiger partial charge in [0, 0.05) is 12.2 Å². The molecule has 4 nitrogen and oxygen atoms in total. The van der Waals surface area contributed by atoms with Gasteiger partial charge in [0.05, 0.1) is 6.61 Å². The molecule has 2 unspecified atom stereocenters. The van der Waals surface area contributed by atoms with Gasteiger partial charge >= 0.3 is 0 Å². The summed E-state index contributed by atoms with van der Waals surface area (Å²) < 4.78 is 5.60. The number of rotatable bonds is 8. The quantitative estimate of drug-likeness (QED) is 0.768. The Bertz CT molecular complexity index is 403. The van der Waals surface area contributed by atoms with Crippen molar-refractivity contribution < 1.29 is 9.53 Å². The highest BCUT2D eigenvalue weighted by Crippen LogP contribution is 2.11. The molecule has 1 amide bonds. The number of benzene rings is 1. The van der Waals surface area contributed by atoms with Crippen molar-refractivity contribution in [2.75, 3.05) is 11.9 Å². The van der Waals surface area contributed by atoms with Crippen molar-refractivity contribution in [2.24, 2.45) is 11.7 Å². The Labute approximate surface area is 121 Å². The van der Waals surface area contributed by atoms with Crippen LogP contribution in [0.15, 0.2) is 24.3 Å². The van der Waals surface area contributed by atoms with Crippen LogP contribution in [0.25, 0.3) is 0 Å². The van der Waals surface area contributed by atoms with Crippen LogP contribution in [0.5, 0.6) is 0 Å². The first-order chi connectivity index (χ1) is 9.56. The summed E-state index contributed by atoms with van der Waals surface area (Å²) in [7, 11) is 0. The van der Waals surface area contributed by atoms with Gasteiger partial charge in [0.2, 0.25) is 0 Å². The first-order valence-corrected chi connectivity index (χ1v) is 7.28. The van der Waals surface area contributed by atoms with Gasteiger partial charge in [-0.05, 0) is 37.0 Å². The van der Waals surface area contributed by atoms with E-state index in [0.29, 0.717) is 19.1 Å². The summed E-state index contributed by atoms with van der Waals surface area (Å²) in [5.41, 5.74) is 7.34. The first-order valence-electron chi connectivity index (χ1n) is 7.28. The molecule has 0 saturated carbocycles. The molecule has 0 radical (unpaired) electrons. The van der Waals surface area contributed by atoms with E-state index in [-0.39, 0.29) is 5.91 Å². The van der Waals surface area contributed by atoms with Gasteiger partial charge < -0.3 is 15.8 Å². The van der Waals surface area contributed by atoms with Gasteiger partial charge in [0.25, 0.3) is 5.91 Å². The van der Waals surface area contributed by atoms with Crippen molar-refractivity contribution >= 4 is 11.6 Å². The molecular formula is C16H26N2O2. The third kappa shape index (κ3) is 5.72. The topological polar surface area (TPSA) is 64.3 Å². The van der Waals surface area contributed by atoms with Crippen LogP contribution in [0.3, 0.4) is 0 Å². The lowest BCUT2D eigenvalue weighted by molar-refractivity contribution is -0.127. The molecule has 0 aliphatic heterocycles. The zero-order valence-electron chi connectivity index (χ0n) is 12.7. The molecule has 3 N–H and O–H groups in total. The summed E-state index contributed by atoms with van der Waals surface area (Å²) in [5.74, 6) is 0.369. The van der Waals surface area contributed by atoms with Gasteiger partial charge in [-0.25, -0.2) is 0 Å². The SMILES string of the molecule is CCCC(C)COC(C)C(=O)Nc1ccc(CN)cc1. The van der Waals surface area contributed by atoms with Gasteiger partial charge in [-0.15, -0.1) is 0 Å². The van der Waals surface area contributed by atoms with E-state index in [1.165, 1.54) is 0 Å². The maximum absolute atomic E-state index is 12.0. The van der Waals surface area contributed by atoms with Gasteiger partial charge in [-0.2, -0.15) is 0 Å². The number of anilines is 1. The second-order valence-electron chi connectivity index (χ2n) is 5.26. The maximum atomic E-state index is 12.0. The van der Waals surface area contributed by atoms with E-state index in [1.54, 1.807) is 6.92 Å². The normalized spacial score (nSPS) is 13.8. The second kappa shape index (κ2) is 8.72. The molecule has 20 heavy (non-hydrogen) atoms. The van der Waals surface area contributed by atoms with Crippen LogP contribution in [0.4, 0.5) is 5.69 Å². The molecule has 1 aromatic rings. The molecule has 4 heteroatoms. The Kier molecular flexibility index (Phi) is 7.26. The molecule has 2 atom stereocenters. The van der Waals surface area contributed by atoms with Gasteiger partial charge in [-0.1, -0.05) is 32.4 Å². The third-order valence-electron chi connectivity index (χ3n) is 3.24. The third-order valence-corrected chi connectivity index (χ3v) is 3.24. The van der Waals surface area contributed by atoms with Crippen LogP contribution in [0.2, 0.25) is 0 Å². The van der Waals surface area contributed by atoms with Crippen molar-refractivity contribution in [3.8, 4) is 0 Å². The molecule has 1 rings (SSSR count). The van der Waals surface area contributed by atoms with Crippen LogP contribution < -0.4 is 11.1 Å². The molecule has 0 spiro atoms. The molecular weight excluding hydrogens is 252 g/mol. The number of nitrogens with one attached hydrogen (secondary N) is 1. The van der Waals surface area contributed by atoms with Crippen LogP contribution in [0, 0.1) is 5.92 Å². The predicted octanol–water partition coefficient (Wildman–Crippen LogP) is 2.93. The molecule has 0 aromatic heterocycles. The predicted molar refractivity (Wildman–Crippen MR) is 82.4 cm³/mol. The van der Waals surface area contributed by atoms with E-state index in [4.69, 9.17) is 10.5 Å². The highest BCUT2D eigenvalue weighted by molar-refractivity contribution is 5.93. The minimum absolute atomic E-state index is 0.116. The Morgan fingerprint density at radius 2 is 1.95 bits per heavy atom. The Morgan fingerprint density at radius 3 is 2.50 bits per heavy atom. The van der Waals surface area contributed by atoms with E-state index in [2.05, 4.69) is 19.2 Å². The maximum Gasteiger partial charge on any atom is 0.253 e. The zero-order valence-corrected chi connectivity index (χ0v) is 12.7. The van der Waals surface area contributed by atoms with Gasteiger partial charge in [-0.3, -0.25) is 4.79 Å². The zero-order chi connectivity index (χ0) is 15.0. The molecule has 0 saturated heterocycles. The first kappa shape index (κ1) is 16.7. The van der Waals surface area contributed by atoms with E-state index in [0.717, 1.165) is 24.1 Å². The lowest BCUT2D eigenvalue weighted by atomic mass is 10.1. The summed E-state index contributed by atoms with van der Waals surface area (Å²) in [4.78, 5) is 12.0. The van der Waals surface area contributed by atoms with Crippen molar-refractivity contribution in [2.45, 2.75) is 46.3 Å². The number of ether oxygens (including phenoxy) is 1. The lowest BCUT2D eigenvalue weighted by Gasteiger charge is -2.16. The highest BCUT2D eigenvalue weighted by Gasteiger charge is 2.14. The van der Waals surface area contributed by atoms with Crippen LogP contribution in [-0.4, -0.2) is 18.6 Å². The summed E-state index contributed by atoms with van der Waals surface area (Å²) in [6.07, 6.45) is 1.82. The lowest BCUT2D eigenvalue weighted by Crippen LogP contribution is -2.29. The molecule has 1 aromatic carbocycles. The fourth-order valence-corrected chi connectivity index (χ4v) is 1.93. The molecule has 0 aliphatic carbocycles. The average molecular weight is 278 g/mol. The van der Waals surface area contributed by atoms with Crippen LogP contribution in [-0.2, 0) is 16.1 Å². The number of nitrogens with two attached hydrogens (primary N) is 1. The van der Waals surface area contributed by atoms with Gasteiger partial charge in [0.15, 0.2) is 0 Å². The van der Waals surface area contributed by atoms with E-state index >= 15 is 0 Å². The largest absolute Gasteiger partial charge is 0.368 e. The highest BCUT2D eigenvalue weighted by atomic mass is 16.5.